The Morgan fingerprint density at radius 1 is 0.966 bits per heavy atom. The second-order valence-electron chi connectivity index (χ2n) is 8.51. The molecule has 29 heavy (non-hydrogen) atoms. The van der Waals surface area contributed by atoms with Gasteiger partial charge in [-0.25, -0.2) is 0 Å². The molecule has 0 saturated heterocycles. The summed E-state index contributed by atoms with van der Waals surface area (Å²) in [7, 11) is 0. The van der Waals surface area contributed by atoms with Crippen LogP contribution in [0.4, 0.5) is 13.2 Å². The highest BCUT2D eigenvalue weighted by atomic mass is 19.4. The van der Waals surface area contributed by atoms with Crippen LogP contribution in [-0.2, 0) is 4.74 Å². The number of allylic oxidation sites excluding steroid dienone is 1. The molecule has 1 aromatic carbocycles. The molecular formula is C25H31F3O. The normalized spacial score (nSPS) is 27.7. The molecule has 3 rings (SSSR count). The monoisotopic (exact) mass is 404 g/mol. The Morgan fingerprint density at radius 2 is 1.62 bits per heavy atom. The minimum atomic E-state index is -4.53. The van der Waals surface area contributed by atoms with Gasteiger partial charge in [0.25, 0.3) is 0 Å². The van der Waals surface area contributed by atoms with Crippen molar-refractivity contribution in [3.8, 4) is 11.8 Å². The molecule has 0 aliphatic heterocycles. The van der Waals surface area contributed by atoms with E-state index in [2.05, 4.69) is 47.4 Å². The lowest BCUT2D eigenvalue weighted by Gasteiger charge is -2.28. The first-order valence-electron chi connectivity index (χ1n) is 10.9. The summed E-state index contributed by atoms with van der Waals surface area (Å²) in [5.41, 5.74) is 2.39. The van der Waals surface area contributed by atoms with E-state index in [4.69, 9.17) is 0 Å². The second-order valence-corrected chi connectivity index (χ2v) is 8.51. The van der Waals surface area contributed by atoms with E-state index in [-0.39, 0.29) is 5.92 Å². The van der Waals surface area contributed by atoms with Gasteiger partial charge in [0.2, 0.25) is 0 Å². The molecule has 0 spiro atoms. The summed E-state index contributed by atoms with van der Waals surface area (Å²) < 4.78 is 41.0. The van der Waals surface area contributed by atoms with Gasteiger partial charge in [-0.05, 0) is 93.7 Å². The van der Waals surface area contributed by atoms with E-state index in [1.807, 2.05) is 6.08 Å². The zero-order chi connectivity index (χ0) is 20.7. The van der Waals surface area contributed by atoms with Crippen molar-refractivity contribution in [3.63, 3.8) is 0 Å². The van der Waals surface area contributed by atoms with Crippen molar-refractivity contribution < 1.29 is 17.9 Å². The topological polar surface area (TPSA) is 9.23 Å². The molecule has 2 saturated carbocycles. The van der Waals surface area contributed by atoms with Crippen LogP contribution in [0.5, 0.6) is 0 Å². The van der Waals surface area contributed by atoms with Gasteiger partial charge in [0.1, 0.15) is 0 Å². The fourth-order valence-electron chi connectivity index (χ4n) is 4.68. The predicted molar refractivity (Wildman–Crippen MR) is 110 cm³/mol. The van der Waals surface area contributed by atoms with Gasteiger partial charge in [0.15, 0.2) is 0 Å². The number of hydrogen-bond donors (Lipinski definition) is 0. The molecular weight excluding hydrogens is 373 g/mol. The number of rotatable bonds is 5. The molecule has 2 fully saturated rings. The molecule has 0 N–H and O–H groups in total. The van der Waals surface area contributed by atoms with E-state index in [1.165, 1.54) is 37.7 Å². The Morgan fingerprint density at radius 3 is 2.21 bits per heavy atom. The van der Waals surface area contributed by atoms with Crippen molar-refractivity contribution in [3.05, 3.63) is 48.0 Å². The molecule has 0 atom stereocenters. The molecule has 0 amide bonds. The van der Waals surface area contributed by atoms with Crippen molar-refractivity contribution in [1.82, 2.24) is 0 Å². The Hall–Kier alpha value is -1.73. The van der Waals surface area contributed by atoms with E-state index >= 15 is 0 Å². The van der Waals surface area contributed by atoms with Crippen LogP contribution in [0.3, 0.4) is 0 Å². The third-order valence-electron chi connectivity index (χ3n) is 6.40. The lowest BCUT2D eigenvalue weighted by molar-refractivity contribution is -0.345. The molecule has 0 heterocycles. The maximum absolute atomic E-state index is 12.3. The van der Waals surface area contributed by atoms with Gasteiger partial charge in [0, 0.05) is 11.5 Å². The number of benzene rings is 1. The Balaban J connectivity index is 1.45. The van der Waals surface area contributed by atoms with Crippen LogP contribution in [0.2, 0.25) is 0 Å². The smallest absolute Gasteiger partial charge is 0.289 e. The number of halogens is 3. The maximum Gasteiger partial charge on any atom is 0.522 e. The van der Waals surface area contributed by atoms with Gasteiger partial charge in [-0.3, -0.25) is 4.74 Å². The van der Waals surface area contributed by atoms with Crippen LogP contribution in [0.15, 0.2) is 36.9 Å². The minimum Gasteiger partial charge on any atom is -0.289 e. The first-order chi connectivity index (χ1) is 13.9. The van der Waals surface area contributed by atoms with E-state index in [0.717, 1.165) is 17.9 Å². The third kappa shape index (κ3) is 7.23. The SMILES string of the molecule is C=CCC[C@H]1CC[C@H](c2ccc(C#C[C@H]3CC[C@H](OC(F)(F)F)CC3)cc2)CC1. The minimum absolute atomic E-state index is 0.161. The van der Waals surface area contributed by atoms with E-state index in [9.17, 15) is 13.2 Å². The summed E-state index contributed by atoms with van der Waals surface area (Å²) in [6, 6.07) is 8.58. The highest BCUT2D eigenvalue weighted by molar-refractivity contribution is 5.37. The summed E-state index contributed by atoms with van der Waals surface area (Å²) in [6.07, 6.45) is 6.49. The standard InChI is InChI=1S/C25H31F3O/c1-2-3-4-19-7-13-22(14-8-19)23-15-9-20(10-16-23)5-6-21-11-17-24(18-12-21)29-25(26,27)28/h2,9-10,15-16,19,21-22,24H,1,3-4,7-8,11-14,17-18H2/t19-,21-,22-,24-. The van der Waals surface area contributed by atoms with Crippen molar-refractivity contribution in [1.29, 1.82) is 0 Å². The highest BCUT2D eigenvalue weighted by Gasteiger charge is 2.35. The number of ether oxygens (including phenoxy) is 1. The Bertz CT molecular complexity index is 694. The summed E-state index contributed by atoms with van der Waals surface area (Å²) in [4.78, 5) is 0. The largest absolute Gasteiger partial charge is 0.522 e. The fourth-order valence-corrected chi connectivity index (χ4v) is 4.68. The highest BCUT2D eigenvalue weighted by Crippen LogP contribution is 2.37. The molecule has 2 aliphatic carbocycles. The number of hydrogen-bond acceptors (Lipinski definition) is 1. The average molecular weight is 405 g/mol. The van der Waals surface area contributed by atoms with Crippen molar-refractivity contribution in [2.45, 2.75) is 82.6 Å². The molecule has 1 aromatic rings. The molecule has 2 aliphatic rings. The molecule has 0 unspecified atom stereocenters. The lowest BCUT2D eigenvalue weighted by atomic mass is 9.77. The van der Waals surface area contributed by atoms with Crippen molar-refractivity contribution in [2.75, 3.05) is 0 Å². The predicted octanol–water partition coefficient (Wildman–Crippen LogP) is 7.37. The molecule has 0 radical (unpaired) electrons. The van der Waals surface area contributed by atoms with Crippen LogP contribution >= 0.6 is 0 Å². The van der Waals surface area contributed by atoms with Crippen LogP contribution in [0.25, 0.3) is 0 Å². The molecule has 4 heteroatoms. The molecule has 0 aromatic heterocycles. The van der Waals surface area contributed by atoms with E-state index in [0.29, 0.717) is 31.6 Å². The zero-order valence-corrected chi connectivity index (χ0v) is 17.0. The summed E-state index contributed by atoms with van der Waals surface area (Å²) in [6.45, 7) is 3.82. The zero-order valence-electron chi connectivity index (χ0n) is 17.0. The van der Waals surface area contributed by atoms with E-state index < -0.39 is 12.5 Å². The van der Waals surface area contributed by atoms with Gasteiger partial charge in [-0.1, -0.05) is 30.0 Å². The van der Waals surface area contributed by atoms with Crippen molar-refractivity contribution in [2.24, 2.45) is 11.8 Å². The van der Waals surface area contributed by atoms with Gasteiger partial charge in [-0.15, -0.1) is 19.8 Å². The van der Waals surface area contributed by atoms with Crippen LogP contribution in [0.1, 0.15) is 81.3 Å². The van der Waals surface area contributed by atoms with Crippen LogP contribution in [0, 0.1) is 23.7 Å². The Labute approximate surface area is 172 Å². The summed E-state index contributed by atoms with van der Waals surface area (Å²) in [5.74, 6) is 8.13. The Kier molecular flexibility index (Phi) is 7.84. The van der Waals surface area contributed by atoms with Crippen molar-refractivity contribution >= 4 is 0 Å². The molecule has 1 nitrogen and oxygen atoms in total. The van der Waals surface area contributed by atoms with E-state index in [1.54, 1.807) is 0 Å². The first-order valence-corrected chi connectivity index (χ1v) is 10.9. The molecule has 158 valence electrons. The lowest BCUT2D eigenvalue weighted by Crippen LogP contribution is -2.27. The summed E-state index contributed by atoms with van der Waals surface area (Å²) in [5, 5.41) is 0. The first kappa shape index (κ1) is 22.0. The van der Waals surface area contributed by atoms with Gasteiger partial charge < -0.3 is 0 Å². The fraction of sp³-hybridized carbons (Fsp3) is 0.600. The second kappa shape index (κ2) is 10.3. The van der Waals surface area contributed by atoms with Crippen LogP contribution in [-0.4, -0.2) is 12.5 Å². The van der Waals surface area contributed by atoms with Crippen LogP contribution < -0.4 is 0 Å². The third-order valence-corrected chi connectivity index (χ3v) is 6.40. The quantitative estimate of drug-likeness (QED) is 0.368. The average Bonchev–Trinajstić information content (AvgIpc) is 2.71. The van der Waals surface area contributed by atoms with Gasteiger partial charge >= 0.3 is 6.36 Å². The molecule has 0 bridgehead atoms. The maximum atomic E-state index is 12.3. The van der Waals surface area contributed by atoms with Gasteiger partial charge in [0.05, 0.1) is 6.10 Å². The van der Waals surface area contributed by atoms with Gasteiger partial charge in [-0.2, -0.15) is 0 Å². The summed E-state index contributed by atoms with van der Waals surface area (Å²) >= 11 is 0. The number of alkyl halides is 3.